The number of fused-ring (bicyclic) bond motifs is 1. The molecule has 3 unspecified atom stereocenters. The van der Waals surface area contributed by atoms with Gasteiger partial charge in [-0.15, -0.1) is 6.58 Å². The Morgan fingerprint density at radius 3 is 1.78 bits per heavy atom. The van der Waals surface area contributed by atoms with Crippen LogP contribution in [0.15, 0.2) is 74.0 Å². The summed E-state index contributed by atoms with van der Waals surface area (Å²) in [6.45, 7) is 28.4. The molecule has 37 heavy (non-hydrogen) atoms. The Bertz CT molecular complexity index is 723. The van der Waals surface area contributed by atoms with Crippen molar-refractivity contribution in [3.8, 4) is 0 Å². The summed E-state index contributed by atoms with van der Waals surface area (Å²) in [5.41, 5.74) is 10.4. The van der Waals surface area contributed by atoms with E-state index in [4.69, 9.17) is 0 Å². The van der Waals surface area contributed by atoms with Gasteiger partial charge in [0, 0.05) is 0 Å². The second-order valence-electron chi connectivity index (χ2n) is 9.75. The molecule has 1 aliphatic rings. The first-order valence-corrected chi connectivity index (χ1v) is 14.8. The molecule has 0 bridgehead atoms. The topological polar surface area (TPSA) is 26.0 Å². The van der Waals surface area contributed by atoms with E-state index in [2.05, 4.69) is 123 Å². The molecule has 0 aliphatic heterocycles. The van der Waals surface area contributed by atoms with Gasteiger partial charge in [0.1, 0.15) is 0 Å². The van der Waals surface area contributed by atoms with Gasteiger partial charge in [0.25, 0.3) is 0 Å². The fraction of sp³-hybridized carbons (Fsp3) is 0.556. The van der Waals surface area contributed by atoms with Gasteiger partial charge < -0.3 is 5.73 Å². The van der Waals surface area contributed by atoms with Crippen LogP contribution in [0, 0.1) is 25.7 Å². The molecule has 0 aromatic heterocycles. The maximum Gasteiger partial charge on any atom is -0.0136 e. The molecular weight excluding hydrogens is 446 g/mol. The Kier molecular flexibility index (Phi) is 30.0. The average molecular weight is 510 g/mol. The molecule has 1 aliphatic carbocycles. The van der Waals surface area contributed by atoms with Crippen LogP contribution < -0.4 is 5.73 Å². The molecular formula is C36H63N. The van der Waals surface area contributed by atoms with Gasteiger partial charge in [0.15, 0.2) is 0 Å². The zero-order chi connectivity index (χ0) is 29.1. The van der Waals surface area contributed by atoms with Crippen molar-refractivity contribution in [3.05, 3.63) is 96.2 Å². The Hall–Kier alpha value is -2.28. The van der Waals surface area contributed by atoms with E-state index in [1.54, 1.807) is 11.1 Å². The Morgan fingerprint density at radius 1 is 0.919 bits per heavy atom. The van der Waals surface area contributed by atoms with Crippen LogP contribution in [-0.4, -0.2) is 0 Å². The van der Waals surface area contributed by atoms with Gasteiger partial charge in [-0.25, -0.2) is 0 Å². The summed E-state index contributed by atoms with van der Waals surface area (Å²) in [7, 11) is 0. The largest absolute Gasteiger partial charge is 0.405 e. The predicted octanol–water partition coefficient (Wildman–Crippen LogP) is 11.6. The molecule has 3 rings (SSSR count). The van der Waals surface area contributed by atoms with Crippen molar-refractivity contribution in [2.75, 3.05) is 0 Å². The summed E-state index contributed by atoms with van der Waals surface area (Å²) in [6, 6.07) is 17.4. The summed E-state index contributed by atoms with van der Waals surface area (Å²) in [5, 5.41) is 0. The molecule has 1 heteroatoms. The number of unbranched alkanes of at least 4 members (excludes halogenated alkanes) is 1. The Balaban J connectivity index is -0.000000413. The maximum atomic E-state index is 4.61. The summed E-state index contributed by atoms with van der Waals surface area (Å²) in [4.78, 5) is 0. The van der Waals surface area contributed by atoms with Gasteiger partial charge in [0.05, 0.1) is 0 Å². The molecule has 2 aromatic carbocycles. The summed E-state index contributed by atoms with van der Waals surface area (Å²) >= 11 is 0. The highest BCUT2D eigenvalue weighted by Gasteiger charge is 2.21. The van der Waals surface area contributed by atoms with Crippen molar-refractivity contribution in [3.63, 3.8) is 0 Å². The lowest BCUT2D eigenvalue weighted by molar-refractivity contribution is 0.426. The SMILES string of the molecule is C=CCC.C=CN.CC.CC1CCc2ccccc2C1C.CCCCC(C)CC.Cc1ccc(C)cc1. The second kappa shape index (κ2) is 28.3. The first-order chi connectivity index (χ1) is 17.7. The average Bonchev–Trinajstić information content (AvgIpc) is 2.93. The van der Waals surface area contributed by atoms with E-state index in [-0.39, 0.29) is 0 Å². The van der Waals surface area contributed by atoms with Crippen LogP contribution in [0.5, 0.6) is 0 Å². The lowest BCUT2D eigenvalue weighted by atomic mass is 9.77. The minimum atomic E-state index is 0.759. The van der Waals surface area contributed by atoms with E-state index in [0.717, 1.165) is 24.2 Å². The second-order valence-corrected chi connectivity index (χ2v) is 9.75. The number of hydrogen-bond acceptors (Lipinski definition) is 1. The number of allylic oxidation sites excluding steroid dienone is 1. The smallest absolute Gasteiger partial charge is 0.0136 e. The minimum absolute atomic E-state index is 0.759. The summed E-state index contributed by atoms with van der Waals surface area (Å²) in [5.74, 6) is 2.57. The van der Waals surface area contributed by atoms with Crippen LogP contribution in [0.1, 0.15) is 122 Å². The van der Waals surface area contributed by atoms with E-state index in [0.29, 0.717) is 0 Å². The van der Waals surface area contributed by atoms with Gasteiger partial charge in [0.2, 0.25) is 0 Å². The number of aryl methyl sites for hydroxylation is 3. The van der Waals surface area contributed by atoms with Crippen molar-refractivity contribution in [2.24, 2.45) is 17.6 Å². The molecule has 0 saturated carbocycles. The zero-order valence-corrected chi connectivity index (χ0v) is 26.4. The van der Waals surface area contributed by atoms with Gasteiger partial charge >= 0.3 is 0 Å². The number of hydrogen-bond donors (Lipinski definition) is 1. The molecule has 0 saturated heterocycles. The number of nitrogens with two attached hydrogens (primary N) is 1. The summed E-state index contributed by atoms with van der Waals surface area (Å²) < 4.78 is 0. The molecule has 0 fully saturated rings. The maximum absolute atomic E-state index is 4.61. The first-order valence-electron chi connectivity index (χ1n) is 14.8. The minimum Gasteiger partial charge on any atom is -0.405 e. The van der Waals surface area contributed by atoms with E-state index < -0.39 is 0 Å². The zero-order valence-electron chi connectivity index (χ0n) is 26.4. The van der Waals surface area contributed by atoms with Crippen LogP contribution in [0.3, 0.4) is 0 Å². The molecule has 212 valence electrons. The normalized spacial score (nSPS) is 15.3. The lowest BCUT2D eigenvalue weighted by Gasteiger charge is -2.28. The summed E-state index contributed by atoms with van der Waals surface area (Å²) in [6.07, 6.45) is 12.4. The Labute approximate surface area is 233 Å². The quantitative estimate of drug-likeness (QED) is 0.398. The van der Waals surface area contributed by atoms with Crippen molar-refractivity contribution in [1.82, 2.24) is 0 Å². The third kappa shape index (κ3) is 22.6. The lowest BCUT2D eigenvalue weighted by Crippen LogP contribution is -2.15. The molecule has 0 radical (unpaired) electrons. The molecule has 2 N–H and O–H groups in total. The molecule has 2 aromatic rings. The third-order valence-corrected chi connectivity index (χ3v) is 6.52. The third-order valence-electron chi connectivity index (χ3n) is 6.52. The fourth-order valence-electron chi connectivity index (χ4n) is 3.54. The molecule has 1 nitrogen and oxygen atoms in total. The van der Waals surface area contributed by atoms with Crippen molar-refractivity contribution in [1.29, 1.82) is 0 Å². The highest BCUT2D eigenvalue weighted by atomic mass is 14.5. The van der Waals surface area contributed by atoms with Crippen molar-refractivity contribution >= 4 is 0 Å². The Morgan fingerprint density at radius 2 is 1.38 bits per heavy atom. The predicted molar refractivity (Wildman–Crippen MR) is 173 cm³/mol. The molecule has 3 atom stereocenters. The first kappa shape index (κ1) is 39.2. The van der Waals surface area contributed by atoms with Gasteiger partial charge in [-0.2, -0.15) is 0 Å². The molecule has 0 amide bonds. The van der Waals surface area contributed by atoms with E-state index in [1.807, 2.05) is 19.9 Å². The number of rotatable bonds is 5. The van der Waals surface area contributed by atoms with Gasteiger partial charge in [-0.05, 0) is 68.2 Å². The van der Waals surface area contributed by atoms with Crippen LogP contribution >= 0.6 is 0 Å². The van der Waals surface area contributed by atoms with Crippen LogP contribution in [0.2, 0.25) is 0 Å². The van der Waals surface area contributed by atoms with Gasteiger partial charge in [-0.3, -0.25) is 0 Å². The van der Waals surface area contributed by atoms with E-state index in [9.17, 15) is 0 Å². The van der Waals surface area contributed by atoms with E-state index >= 15 is 0 Å². The molecule has 0 spiro atoms. The van der Waals surface area contributed by atoms with Crippen molar-refractivity contribution in [2.45, 2.75) is 120 Å². The molecule has 0 heterocycles. The van der Waals surface area contributed by atoms with Crippen LogP contribution in [0.25, 0.3) is 0 Å². The standard InChI is InChI=1S/C12H16.C8H10.C8H18.C4H8.C2H5N.C2H6/c1-9-7-8-11-5-3-4-6-12(11)10(9)2;1-7-3-5-8(2)6-4-7;1-4-6-7-8(3)5-2;1-3-4-2;1-2-3;1-2/h3-6,9-10H,7-8H2,1-2H3;3-6H,1-2H3;8H,4-7H2,1-3H3;3H,1,4H2,2H3;2H,1,3H2;1-2H3. The highest BCUT2D eigenvalue weighted by molar-refractivity contribution is 5.32. The van der Waals surface area contributed by atoms with Gasteiger partial charge in [-0.1, -0.05) is 153 Å². The van der Waals surface area contributed by atoms with Crippen LogP contribution in [-0.2, 0) is 6.42 Å². The van der Waals surface area contributed by atoms with Crippen LogP contribution in [0.4, 0.5) is 0 Å². The van der Waals surface area contributed by atoms with Crippen molar-refractivity contribution < 1.29 is 0 Å². The van der Waals surface area contributed by atoms with E-state index in [1.165, 1.54) is 55.9 Å². The number of benzene rings is 2. The highest BCUT2D eigenvalue weighted by Crippen LogP contribution is 2.35. The monoisotopic (exact) mass is 509 g/mol. The fourth-order valence-corrected chi connectivity index (χ4v) is 3.54.